The molecule has 1 aromatic carbocycles. The molecule has 1 aromatic heterocycles. The van der Waals surface area contributed by atoms with Crippen molar-refractivity contribution in [2.75, 3.05) is 19.7 Å². The Morgan fingerprint density at radius 2 is 2.08 bits per heavy atom. The zero-order valence-corrected chi connectivity index (χ0v) is 14.3. The molecular formula is C20H24N2O3. The number of carbonyl (C=O) groups excluding carboxylic acids is 1. The number of nitrogens with one attached hydrogen (secondary N) is 1. The van der Waals surface area contributed by atoms with E-state index >= 15 is 0 Å². The van der Waals surface area contributed by atoms with Crippen LogP contribution in [-0.4, -0.2) is 42.6 Å². The number of benzene rings is 1. The molecule has 5 nitrogen and oxygen atoms in total. The van der Waals surface area contributed by atoms with Crippen LogP contribution in [0.25, 0.3) is 0 Å². The summed E-state index contributed by atoms with van der Waals surface area (Å²) in [6, 6.07) is 11.8. The van der Waals surface area contributed by atoms with Crippen LogP contribution in [-0.2, 0) is 11.3 Å². The maximum Gasteiger partial charge on any atom is 0.251 e. The maximum atomic E-state index is 12.3. The van der Waals surface area contributed by atoms with Crippen molar-refractivity contribution in [3.63, 3.8) is 0 Å². The van der Waals surface area contributed by atoms with E-state index in [-0.39, 0.29) is 12.0 Å². The highest BCUT2D eigenvalue weighted by Crippen LogP contribution is 2.35. The van der Waals surface area contributed by atoms with E-state index in [0.29, 0.717) is 24.1 Å². The van der Waals surface area contributed by atoms with Crippen LogP contribution in [0.3, 0.4) is 0 Å². The van der Waals surface area contributed by atoms with Crippen LogP contribution in [0.1, 0.15) is 28.8 Å². The summed E-state index contributed by atoms with van der Waals surface area (Å²) in [5.41, 5.74) is 1.92. The molecule has 1 N–H and O–H groups in total. The lowest BCUT2D eigenvalue weighted by Gasteiger charge is -2.39. The third-order valence-electron chi connectivity index (χ3n) is 5.36. The zero-order chi connectivity index (χ0) is 17.1. The Hall–Kier alpha value is -2.11. The second-order valence-electron chi connectivity index (χ2n) is 6.92. The number of amides is 1. The van der Waals surface area contributed by atoms with Gasteiger partial charge in [-0.3, -0.25) is 9.69 Å². The van der Waals surface area contributed by atoms with E-state index in [1.54, 1.807) is 6.26 Å². The van der Waals surface area contributed by atoms with Crippen molar-refractivity contribution in [2.45, 2.75) is 31.5 Å². The van der Waals surface area contributed by atoms with Crippen molar-refractivity contribution < 1.29 is 13.9 Å². The van der Waals surface area contributed by atoms with E-state index < -0.39 is 0 Å². The molecule has 2 aliphatic rings. The van der Waals surface area contributed by atoms with Crippen molar-refractivity contribution in [2.24, 2.45) is 5.92 Å². The fraction of sp³-hybridized carbons (Fsp3) is 0.450. The minimum absolute atomic E-state index is 0.00453. The molecule has 132 valence electrons. The highest BCUT2D eigenvalue weighted by Gasteiger charge is 2.42. The molecule has 1 saturated heterocycles. The fourth-order valence-electron chi connectivity index (χ4n) is 4.08. The van der Waals surface area contributed by atoms with Gasteiger partial charge in [0.2, 0.25) is 0 Å². The summed E-state index contributed by atoms with van der Waals surface area (Å²) in [6.45, 7) is 3.29. The molecule has 0 bridgehead atoms. The predicted octanol–water partition coefficient (Wildman–Crippen LogP) is 2.69. The number of hydrogen-bond donors (Lipinski definition) is 1. The second kappa shape index (κ2) is 7.42. The first-order chi connectivity index (χ1) is 12.3. The van der Waals surface area contributed by atoms with Crippen LogP contribution >= 0.6 is 0 Å². The van der Waals surface area contributed by atoms with E-state index in [1.165, 1.54) is 5.56 Å². The predicted molar refractivity (Wildman–Crippen MR) is 94.1 cm³/mol. The molecule has 5 heteroatoms. The van der Waals surface area contributed by atoms with Gasteiger partial charge in [-0.1, -0.05) is 18.2 Å². The van der Waals surface area contributed by atoms with Gasteiger partial charge in [-0.15, -0.1) is 0 Å². The van der Waals surface area contributed by atoms with Gasteiger partial charge in [0, 0.05) is 42.7 Å². The second-order valence-corrected chi connectivity index (χ2v) is 6.92. The number of fused-ring (bicyclic) bond motifs is 1. The lowest BCUT2D eigenvalue weighted by Crippen LogP contribution is -2.50. The average Bonchev–Trinajstić information content (AvgIpc) is 3.31. The fourth-order valence-corrected chi connectivity index (χ4v) is 4.08. The van der Waals surface area contributed by atoms with E-state index in [4.69, 9.17) is 9.15 Å². The molecule has 3 atom stereocenters. The molecule has 2 aromatic rings. The normalized spacial score (nSPS) is 26.3. The molecule has 0 radical (unpaired) electrons. The summed E-state index contributed by atoms with van der Waals surface area (Å²) in [4.78, 5) is 14.8. The molecule has 4 rings (SSSR count). The molecule has 0 spiro atoms. The van der Waals surface area contributed by atoms with Crippen molar-refractivity contribution in [1.82, 2.24) is 10.2 Å². The minimum Gasteiger partial charge on any atom is -0.472 e. The highest BCUT2D eigenvalue weighted by molar-refractivity contribution is 5.94. The smallest absolute Gasteiger partial charge is 0.251 e. The number of rotatable bonds is 5. The van der Waals surface area contributed by atoms with E-state index in [0.717, 1.165) is 32.5 Å². The Bertz CT molecular complexity index is 686. The van der Waals surface area contributed by atoms with Crippen molar-refractivity contribution in [3.05, 3.63) is 60.1 Å². The van der Waals surface area contributed by atoms with Crippen LogP contribution in [0.2, 0.25) is 0 Å². The monoisotopic (exact) mass is 340 g/mol. The first kappa shape index (κ1) is 16.4. The number of morpholine rings is 1. The molecule has 1 amide bonds. The Morgan fingerprint density at radius 3 is 2.88 bits per heavy atom. The van der Waals surface area contributed by atoms with Gasteiger partial charge in [0.05, 0.1) is 25.2 Å². The Kier molecular flexibility index (Phi) is 4.85. The summed E-state index contributed by atoms with van der Waals surface area (Å²) in [5.74, 6) is 0.375. The van der Waals surface area contributed by atoms with Crippen LogP contribution < -0.4 is 5.32 Å². The van der Waals surface area contributed by atoms with Crippen LogP contribution in [0.4, 0.5) is 0 Å². The molecular weight excluding hydrogens is 316 g/mol. The number of hydrogen-bond acceptors (Lipinski definition) is 4. The SMILES string of the molecule is O=C(NC[C@@H]1CC[C@@H]2[C@@H]1OCCN2Cc1ccoc1)c1ccccc1. The quantitative estimate of drug-likeness (QED) is 0.909. The minimum atomic E-state index is -0.00453. The Labute approximate surface area is 148 Å². The molecule has 2 fully saturated rings. The molecule has 2 heterocycles. The summed E-state index contributed by atoms with van der Waals surface area (Å²) < 4.78 is 11.3. The van der Waals surface area contributed by atoms with Gasteiger partial charge in [-0.2, -0.15) is 0 Å². The first-order valence-electron chi connectivity index (χ1n) is 9.01. The standard InChI is InChI=1S/C20H24N2O3/c23-20(16-4-2-1-3-5-16)21-12-17-6-7-18-19(17)25-11-9-22(18)13-15-8-10-24-14-15/h1-5,8,10,14,17-19H,6-7,9,11-13H2,(H,21,23)/t17-,18+,19+/m0/s1. The summed E-state index contributed by atoms with van der Waals surface area (Å²) in [7, 11) is 0. The maximum absolute atomic E-state index is 12.3. The van der Waals surface area contributed by atoms with Gasteiger partial charge in [0.15, 0.2) is 0 Å². The van der Waals surface area contributed by atoms with Crippen LogP contribution in [0, 0.1) is 5.92 Å². The summed E-state index contributed by atoms with van der Waals surface area (Å²) in [5, 5.41) is 3.08. The number of nitrogens with zero attached hydrogens (tertiary/aromatic N) is 1. The molecule has 1 aliphatic heterocycles. The lowest BCUT2D eigenvalue weighted by molar-refractivity contribution is -0.0757. The molecule has 25 heavy (non-hydrogen) atoms. The van der Waals surface area contributed by atoms with Crippen LogP contribution in [0.5, 0.6) is 0 Å². The third-order valence-corrected chi connectivity index (χ3v) is 5.36. The zero-order valence-electron chi connectivity index (χ0n) is 14.3. The van der Waals surface area contributed by atoms with Gasteiger partial charge in [-0.25, -0.2) is 0 Å². The summed E-state index contributed by atoms with van der Waals surface area (Å²) in [6.07, 6.45) is 5.96. The van der Waals surface area contributed by atoms with Gasteiger partial charge < -0.3 is 14.5 Å². The number of carbonyl (C=O) groups is 1. The Balaban J connectivity index is 1.34. The lowest BCUT2D eigenvalue weighted by atomic mass is 10.0. The average molecular weight is 340 g/mol. The van der Waals surface area contributed by atoms with E-state index in [1.807, 2.05) is 42.7 Å². The summed E-state index contributed by atoms with van der Waals surface area (Å²) >= 11 is 0. The number of ether oxygens (including phenoxy) is 1. The molecule has 1 aliphatic carbocycles. The van der Waals surface area contributed by atoms with Crippen LogP contribution in [0.15, 0.2) is 53.3 Å². The highest BCUT2D eigenvalue weighted by atomic mass is 16.5. The van der Waals surface area contributed by atoms with Crippen molar-refractivity contribution >= 4 is 5.91 Å². The van der Waals surface area contributed by atoms with Crippen molar-refractivity contribution in [3.8, 4) is 0 Å². The molecule has 1 saturated carbocycles. The third kappa shape index (κ3) is 3.62. The largest absolute Gasteiger partial charge is 0.472 e. The van der Waals surface area contributed by atoms with Gasteiger partial charge in [0.1, 0.15) is 0 Å². The molecule has 0 unspecified atom stereocenters. The van der Waals surface area contributed by atoms with Gasteiger partial charge in [-0.05, 0) is 31.0 Å². The van der Waals surface area contributed by atoms with Gasteiger partial charge in [0.25, 0.3) is 5.91 Å². The van der Waals surface area contributed by atoms with Gasteiger partial charge >= 0.3 is 0 Å². The van der Waals surface area contributed by atoms with E-state index in [9.17, 15) is 4.79 Å². The number of furan rings is 1. The Morgan fingerprint density at radius 1 is 1.20 bits per heavy atom. The van der Waals surface area contributed by atoms with E-state index in [2.05, 4.69) is 10.2 Å². The topological polar surface area (TPSA) is 54.7 Å². The first-order valence-corrected chi connectivity index (χ1v) is 9.01. The van der Waals surface area contributed by atoms with Crippen molar-refractivity contribution in [1.29, 1.82) is 0 Å².